The molecular formula is C21H33N5O2. The summed E-state index contributed by atoms with van der Waals surface area (Å²) in [5.74, 6) is 1.65. The molecule has 0 atom stereocenters. The first kappa shape index (κ1) is 21.8. The lowest BCUT2D eigenvalue weighted by Gasteiger charge is -2.15. The maximum absolute atomic E-state index is 5.85. The van der Waals surface area contributed by atoms with Crippen LogP contribution in [0.2, 0.25) is 0 Å². The van der Waals surface area contributed by atoms with Gasteiger partial charge >= 0.3 is 0 Å². The molecule has 7 nitrogen and oxygen atoms in total. The Morgan fingerprint density at radius 2 is 1.96 bits per heavy atom. The van der Waals surface area contributed by atoms with Crippen molar-refractivity contribution in [3.63, 3.8) is 0 Å². The minimum atomic E-state index is 0.534. The van der Waals surface area contributed by atoms with Crippen LogP contribution in [0.15, 0.2) is 29.3 Å². The van der Waals surface area contributed by atoms with E-state index in [4.69, 9.17) is 9.47 Å². The number of hydrogen-bond acceptors (Lipinski definition) is 4. The smallest absolute Gasteiger partial charge is 0.191 e. The summed E-state index contributed by atoms with van der Waals surface area (Å²) in [6.07, 6.45) is 0.971. The fourth-order valence-corrected chi connectivity index (χ4v) is 2.91. The lowest BCUT2D eigenvalue weighted by atomic mass is 10.1. The van der Waals surface area contributed by atoms with Gasteiger partial charge in [0.2, 0.25) is 0 Å². The van der Waals surface area contributed by atoms with Gasteiger partial charge in [-0.05, 0) is 44.9 Å². The van der Waals surface area contributed by atoms with Gasteiger partial charge in [0.25, 0.3) is 0 Å². The second-order valence-electron chi connectivity index (χ2n) is 6.81. The Morgan fingerprint density at radius 1 is 1.14 bits per heavy atom. The Morgan fingerprint density at radius 3 is 2.64 bits per heavy atom. The fraction of sp³-hybridized carbons (Fsp3) is 0.524. The number of nitrogens with zero attached hydrogens (tertiary/aromatic N) is 3. The Kier molecular flexibility index (Phi) is 8.81. The first-order valence-electron chi connectivity index (χ1n) is 9.70. The molecule has 0 bridgehead atoms. The van der Waals surface area contributed by atoms with Gasteiger partial charge in [-0.2, -0.15) is 5.10 Å². The van der Waals surface area contributed by atoms with E-state index in [9.17, 15) is 0 Å². The van der Waals surface area contributed by atoms with Crippen LogP contribution in [0.1, 0.15) is 28.9 Å². The highest BCUT2D eigenvalue weighted by Crippen LogP contribution is 2.20. The van der Waals surface area contributed by atoms with Crippen LogP contribution in [0, 0.1) is 20.8 Å². The summed E-state index contributed by atoms with van der Waals surface area (Å²) in [6.45, 7) is 9.62. The number of ether oxygens (including phenoxy) is 2. The van der Waals surface area contributed by atoms with Crippen molar-refractivity contribution in [2.24, 2.45) is 4.99 Å². The molecule has 0 aliphatic rings. The van der Waals surface area contributed by atoms with Crippen LogP contribution in [0.3, 0.4) is 0 Å². The second kappa shape index (κ2) is 11.3. The lowest BCUT2D eigenvalue weighted by Crippen LogP contribution is -2.37. The standard InChI is InChI=1S/C21H33N5O2/c1-16-7-8-19(20(13-16)28-12-11-27-5)15-24-21(22-4)23-9-6-10-26-18(3)14-17(2)25-26/h7-8,13-14H,6,9-12,15H2,1-5H3,(H2,22,23,24). The van der Waals surface area contributed by atoms with E-state index in [1.54, 1.807) is 14.2 Å². The van der Waals surface area contributed by atoms with Gasteiger partial charge in [0.15, 0.2) is 5.96 Å². The molecule has 0 saturated carbocycles. The predicted molar refractivity (Wildman–Crippen MR) is 113 cm³/mol. The Balaban J connectivity index is 1.80. The van der Waals surface area contributed by atoms with E-state index >= 15 is 0 Å². The van der Waals surface area contributed by atoms with Crippen molar-refractivity contribution in [1.29, 1.82) is 0 Å². The zero-order chi connectivity index (χ0) is 20.4. The number of nitrogens with one attached hydrogen (secondary N) is 2. The number of hydrogen-bond donors (Lipinski definition) is 2. The second-order valence-corrected chi connectivity index (χ2v) is 6.81. The zero-order valence-corrected chi connectivity index (χ0v) is 17.7. The molecule has 0 aliphatic carbocycles. The Hall–Kier alpha value is -2.54. The van der Waals surface area contributed by atoms with Crippen molar-refractivity contribution in [3.05, 3.63) is 46.8 Å². The highest BCUT2D eigenvalue weighted by Gasteiger charge is 2.06. The van der Waals surface area contributed by atoms with E-state index < -0.39 is 0 Å². The summed E-state index contributed by atoms with van der Waals surface area (Å²) in [5, 5.41) is 11.2. The van der Waals surface area contributed by atoms with E-state index in [1.165, 1.54) is 11.3 Å². The Bertz CT molecular complexity index is 770. The largest absolute Gasteiger partial charge is 0.491 e. The molecule has 0 fully saturated rings. The molecular weight excluding hydrogens is 354 g/mol. The number of rotatable bonds is 10. The number of methoxy groups -OCH3 is 1. The van der Waals surface area contributed by atoms with E-state index in [1.807, 2.05) is 11.6 Å². The van der Waals surface area contributed by atoms with Gasteiger partial charge in [-0.25, -0.2) is 0 Å². The van der Waals surface area contributed by atoms with Crippen molar-refractivity contribution in [1.82, 2.24) is 20.4 Å². The zero-order valence-electron chi connectivity index (χ0n) is 17.7. The molecule has 0 saturated heterocycles. The monoisotopic (exact) mass is 387 g/mol. The van der Waals surface area contributed by atoms with Crippen molar-refractivity contribution in [2.75, 3.05) is 33.9 Å². The SMILES string of the molecule is CN=C(NCCCn1nc(C)cc1C)NCc1ccc(C)cc1OCCOC. The van der Waals surface area contributed by atoms with E-state index in [0.29, 0.717) is 19.8 Å². The predicted octanol–water partition coefficient (Wildman–Crippen LogP) is 2.59. The van der Waals surface area contributed by atoms with Gasteiger partial charge in [-0.15, -0.1) is 0 Å². The third-order valence-electron chi connectivity index (χ3n) is 4.38. The average molecular weight is 388 g/mol. The summed E-state index contributed by atoms with van der Waals surface area (Å²) < 4.78 is 13.0. The van der Waals surface area contributed by atoms with Gasteiger partial charge in [0.1, 0.15) is 12.4 Å². The third-order valence-corrected chi connectivity index (χ3v) is 4.38. The van der Waals surface area contributed by atoms with Crippen LogP contribution in [-0.2, 0) is 17.8 Å². The minimum Gasteiger partial charge on any atom is -0.491 e. The van der Waals surface area contributed by atoms with Gasteiger partial charge < -0.3 is 20.1 Å². The van der Waals surface area contributed by atoms with Crippen molar-refractivity contribution in [3.8, 4) is 5.75 Å². The molecule has 0 amide bonds. The summed E-state index contributed by atoms with van der Waals surface area (Å²) in [7, 11) is 3.45. The Labute approximate surface area is 168 Å². The van der Waals surface area contributed by atoms with Crippen LogP contribution in [0.25, 0.3) is 0 Å². The number of guanidine groups is 1. The summed E-state index contributed by atoms with van der Waals surface area (Å²) in [6, 6.07) is 8.32. The van der Waals surface area contributed by atoms with Crippen LogP contribution < -0.4 is 15.4 Å². The van der Waals surface area contributed by atoms with Gasteiger partial charge in [0.05, 0.1) is 12.3 Å². The number of benzene rings is 1. The van der Waals surface area contributed by atoms with Crippen molar-refractivity contribution < 1.29 is 9.47 Å². The van der Waals surface area contributed by atoms with Crippen LogP contribution in [-0.4, -0.2) is 49.7 Å². The molecule has 0 aliphatic heterocycles. The molecule has 2 rings (SSSR count). The van der Waals surface area contributed by atoms with Crippen molar-refractivity contribution >= 4 is 5.96 Å². The van der Waals surface area contributed by atoms with E-state index in [0.717, 1.165) is 42.5 Å². The molecule has 154 valence electrons. The van der Waals surface area contributed by atoms with Gasteiger partial charge in [-0.3, -0.25) is 9.67 Å². The molecule has 2 N–H and O–H groups in total. The van der Waals surface area contributed by atoms with Crippen molar-refractivity contribution in [2.45, 2.75) is 40.3 Å². The summed E-state index contributed by atoms with van der Waals surface area (Å²) in [5.41, 5.74) is 4.51. The van der Waals surface area contributed by atoms with E-state index in [-0.39, 0.29) is 0 Å². The number of aryl methyl sites for hydroxylation is 4. The molecule has 7 heteroatoms. The van der Waals surface area contributed by atoms with Crippen LogP contribution in [0.4, 0.5) is 0 Å². The normalized spacial score (nSPS) is 11.5. The van der Waals surface area contributed by atoms with Crippen LogP contribution >= 0.6 is 0 Å². The number of aromatic nitrogens is 2. The molecule has 1 aromatic carbocycles. The first-order valence-corrected chi connectivity index (χ1v) is 9.70. The van der Waals surface area contributed by atoms with Gasteiger partial charge in [-0.1, -0.05) is 12.1 Å². The average Bonchev–Trinajstić information content (AvgIpc) is 2.99. The number of aliphatic imine (C=N–C) groups is 1. The topological polar surface area (TPSA) is 72.7 Å². The molecule has 0 spiro atoms. The molecule has 1 aromatic heterocycles. The first-order chi connectivity index (χ1) is 13.5. The van der Waals surface area contributed by atoms with Crippen LogP contribution in [0.5, 0.6) is 5.75 Å². The maximum atomic E-state index is 5.85. The summed E-state index contributed by atoms with van der Waals surface area (Å²) in [4.78, 5) is 4.30. The molecule has 2 aromatic rings. The minimum absolute atomic E-state index is 0.534. The quantitative estimate of drug-likeness (QED) is 0.372. The molecule has 0 radical (unpaired) electrons. The highest BCUT2D eigenvalue weighted by molar-refractivity contribution is 5.79. The van der Waals surface area contributed by atoms with E-state index in [2.05, 4.69) is 58.8 Å². The summed E-state index contributed by atoms with van der Waals surface area (Å²) >= 11 is 0. The molecule has 28 heavy (non-hydrogen) atoms. The highest BCUT2D eigenvalue weighted by atomic mass is 16.5. The lowest BCUT2D eigenvalue weighted by molar-refractivity contribution is 0.145. The third kappa shape index (κ3) is 6.88. The molecule has 1 heterocycles. The van der Waals surface area contributed by atoms with Gasteiger partial charge in [0, 0.05) is 45.0 Å². The maximum Gasteiger partial charge on any atom is 0.191 e. The fourth-order valence-electron chi connectivity index (χ4n) is 2.91. The molecule has 0 unspecified atom stereocenters.